The molecule has 17 rings (SSSR count). The van der Waals surface area contributed by atoms with Crippen molar-refractivity contribution in [3.05, 3.63) is 344 Å². The molecular weight excluding hydrogens is 1430 g/mol. The summed E-state index contributed by atoms with van der Waals surface area (Å²) < 4.78 is 99.2. The highest BCUT2D eigenvalue weighted by Gasteiger charge is 2.43. The maximum Gasteiger partial charge on any atom is 0.250 e. The summed E-state index contributed by atoms with van der Waals surface area (Å²) in [5.41, 5.74) is 18.9. The smallest absolute Gasteiger partial charge is 0.250 e. The van der Waals surface area contributed by atoms with Gasteiger partial charge < -0.3 is 38.2 Å². The maximum absolute atomic E-state index is 16.2. The molecule has 0 N–H and O–H groups in total. The van der Waals surface area contributed by atoms with E-state index in [9.17, 15) is 10.5 Å². The van der Waals surface area contributed by atoms with E-state index in [0.717, 1.165) is 25.7 Å². The lowest BCUT2D eigenvalue weighted by Gasteiger charge is -2.34. The van der Waals surface area contributed by atoms with Crippen molar-refractivity contribution >= 4 is 45.5 Å². The molecule has 0 saturated carbocycles. The fraction of sp³-hybridized carbons (Fsp3) is 0.163. The lowest BCUT2D eigenvalue weighted by Crippen LogP contribution is -2.23. The molecule has 0 spiro atoms. The van der Waals surface area contributed by atoms with Crippen LogP contribution in [0.4, 0.5) is 63.1 Å². The number of ether oxygens (including phenoxy) is 6. The Hall–Kier alpha value is -14.1. The zero-order valence-corrected chi connectivity index (χ0v) is 64.0. The fourth-order valence-electron chi connectivity index (χ4n) is 16.5. The highest BCUT2D eigenvalue weighted by Crippen LogP contribution is 2.60. The lowest BCUT2D eigenvalue weighted by molar-refractivity contribution is 0.106. The minimum Gasteiger partial charge on any atom is -0.457 e. The quantitative estimate of drug-likeness (QED) is 0.0526. The zero-order valence-electron chi connectivity index (χ0n) is 64.0. The summed E-state index contributed by atoms with van der Waals surface area (Å²) in [5.74, 6) is -5.73. The molecule has 0 fully saturated rings. The number of anilines is 6. The molecule has 114 heavy (non-hydrogen) atoms. The molecule has 13 aromatic rings. The molecule has 0 amide bonds. The molecule has 2 aliphatic carbocycles. The van der Waals surface area contributed by atoms with Crippen LogP contribution in [0.3, 0.4) is 0 Å². The van der Waals surface area contributed by atoms with Crippen molar-refractivity contribution in [1.29, 1.82) is 10.5 Å². The van der Waals surface area contributed by atoms with Gasteiger partial charge in [0.15, 0.2) is 57.8 Å². The average Bonchev–Trinajstić information content (AvgIpc) is 1.59. The minimum absolute atomic E-state index is 0.154. The van der Waals surface area contributed by atoms with Gasteiger partial charge in [-0.2, -0.15) is 10.5 Å². The number of para-hydroxylation sites is 8. The van der Waals surface area contributed by atoms with Gasteiger partial charge in [0, 0.05) is 10.8 Å². The lowest BCUT2D eigenvalue weighted by atomic mass is 9.73. The number of benzene rings is 13. The second-order valence-electron chi connectivity index (χ2n) is 28.4. The van der Waals surface area contributed by atoms with Gasteiger partial charge in [-0.3, -0.25) is 0 Å². The Bertz CT molecular complexity index is 5600. The van der Waals surface area contributed by atoms with E-state index in [0.29, 0.717) is 56.9 Å². The molecule has 16 heteroatoms. The molecule has 0 unspecified atom stereocenters. The normalized spacial score (nSPS) is 12.8. The summed E-state index contributed by atoms with van der Waals surface area (Å²) in [6.45, 7) is 31.2. The number of fused-ring (bicyclic) bond motifs is 10. The second-order valence-corrected chi connectivity index (χ2v) is 28.4. The summed E-state index contributed by atoms with van der Waals surface area (Å²) in [7, 11) is 0. The van der Waals surface area contributed by atoms with Crippen LogP contribution < -0.4 is 38.2 Å². The van der Waals surface area contributed by atoms with Crippen molar-refractivity contribution in [3.8, 4) is 103 Å². The third-order valence-electron chi connectivity index (χ3n) is 22.3. The van der Waals surface area contributed by atoms with Crippen LogP contribution >= 0.6 is 0 Å². The Balaban J connectivity index is 0.000000171. The summed E-state index contributed by atoms with van der Waals surface area (Å²) in [4.78, 5) is 9.53. The van der Waals surface area contributed by atoms with Crippen molar-refractivity contribution in [3.63, 3.8) is 0 Å². The third kappa shape index (κ3) is 13.0. The molecule has 4 aliphatic rings. The van der Waals surface area contributed by atoms with Crippen molar-refractivity contribution in [2.24, 2.45) is 0 Å². The van der Waals surface area contributed by atoms with Gasteiger partial charge in [-0.15, -0.1) is 0 Å². The number of halogens is 4. The zero-order chi connectivity index (χ0) is 79.7. The molecule has 0 radical (unpaired) electrons. The van der Waals surface area contributed by atoms with Crippen molar-refractivity contribution in [2.45, 2.75) is 91.9 Å². The van der Waals surface area contributed by atoms with Gasteiger partial charge >= 0.3 is 0 Å². The first-order chi connectivity index (χ1) is 55.5. The summed E-state index contributed by atoms with van der Waals surface area (Å²) in [5, 5.41) is 20.5. The van der Waals surface area contributed by atoms with E-state index >= 15 is 17.6 Å². The second kappa shape index (κ2) is 31.4. The summed E-state index contributed by atoms with van der Waals surface area (Å²) in [6.07, 6.45) is 4.58. The van der Waals surface area contributed by atoms with Gasteiger partial charge in [-0.05, 0) is 204 Å². The molecule has 2 aliphatic heterocycles. The van der Waals surface area contributed by atoms with Crippen molar-refractivity contribution in [2.75, 3.05) is 23.4 Å². The summed E-state index contributed by atoms with van der Waals surface area (Å²) >= 11 is 0. The Morgan fingerprint density at radius 1 is 0.368 bits per heavy atom. The first-order valence-electron chi connectivity index (χ1n) is 37.7. The molecular formula is C98H76F4N6O6. The van der Waals surface area contributed by atoms with E-state index in [1.54, 1.807) is 123 Å². The number of rotatable bonds is 16. The predicted molar refractivity (Wildman–Crippen MR) is 439 cm³/mol. The van der Waals surface area contributed by atoms with Gasteiger partial charge in [0.2, 0.25) is 13.6 Å². The Kier molecular flexibility index (Phi) is 20.7. The van der Waals surface area contributed by atoms with Crippen LogP contribution in [0.5, 0.6) is 46.0 Å². The molecule has 0 atom stereocenters. The summed E-state index contributed by atoms with van der Waals surface area (Å²) in [6, 6.07) is 82.7. The molecule has 562 valence electrons. The first kappa shape index (κ1) is 75.4. The number of nitrogens with zero attached hydrogens (tertiary/aromatic N) is 6. The highest BCUT2D eigenvalue weighted by atomic mass is 19.1. The monoisotopic (exact) mass is 1510 g/mol. The average molecular weight is 1510 g/mol. The molecule has 0 saturated heterocycles. The maximum atomic E-state index is 16.2. The van der Waals surface area contributed by atoms with Crippen LogP contribution in [0.2, 0.25) is 0 Å². The van der Waals surface area contributed by atoms with Crippen molar-refractivity contribution < 1.29 is 46.0 Å². The van der Waals surface area contributed by atoms with Crippen LogP contribution in [0, 0.1) is 86.8 Å². The Morgan fingerprint density at radius 2 is 0.675 bits per heavy atom. The van der Waals surface area contributed by atoms with Gasteiger partial charge in [0.05, 0.1) is 47.3 Å². The minimum atomic E-state index is -1.36. The van der Waals surface area contributed by atoms with Gasteiger partial charge in [0.25, 0.3) is 11.4 Å². The number of aryl methyl sites for hydroxylation is 4. The van der Waals surface area contributed by atoms with E-state index in [1.165, 1.54) is 99.8 Å². The van der Waals surface area contributed by atoms with Crippen LogP contribution in [0.15, 0.2) is 243 Å². The van der Waals surface area contributed by atoms with Gasteiger partial charge in [-0.25, -0.2) is 27.3 Å². The van der Waals surface area contributed by atoms with Gasteiger partial charge in [-0.1, -0.05) is 209 Å². The molecule has 2 heterocycles. The van der Waals surface area contributed by atoms with Crippen LogP contribution in [-0.4, -0.2) is 13.6 Å². The van der Waals surface area contributed by atoms with E-state index in [4.69, 9.17) is 41.6 Å². The largest absolute Gasteiger partial charge is 0.457 e. The topological polar surface area (TPSA) is 118 Å². The van der Waals surface area contributed by atoms with Crippen molar-refractivity contribution in [1.82, 2.24) is 0 Å². The third-order valence-corrected chi connectivity index (χ3v) is 22.3. The predicted octanol–water partition coefficient (Wildman–Crippen LogP) is 27.2. The van der Waals surface area contributed by atoms with E-state index in [-0.39, 0.29) is 33.7 Å². The van der Waals surface area contributed by atoms with Crippen LogP contribution in [-0.2, 0) is 10.8 Å². The van der Waals surface area contributed by atoms with E-state index in [1.807, 2.05) is 0 Å². The van der Waals surface area contributed by atoms with E-state index < -0.39 is 70.9 Å². The standard InChI is InChI=1S/C50H28F4N6O6.2C24H24/c1-27-21-40(62-26-64-50-42(52)30(24-56)48(46(58-4)44(50)54)60-33-15-7-11-19-37(33)66-38-20-12-8-16-34(38)60)28(2)22-39(27)61-25-63-49-41(51)29(23-55)47(45(57-3)43(49)53)59-31-13-5-9-17-35(31)65-36-18-10-6-14-32(36)59;2*1-4-24(5-2)22-15-17(3)11-13-20(22)21-14-12-19(16-23(21)24)18-9-7-6-8-10-18/h5-22H,25-26H2,1-2H3;2*6-16H,4-5H2,1-3H3. The number of hydrogen-bond acceptors (Lipinski definition) is 10. The van der Waals surface area contributed by atoms with Gasteiger partial charge in [0.1, 0.15) is 34.8 Å². The molecule has 0 bridgehead atoms. The van der Waals surface area contributed by atoms with Crippen LogP contribution in [0.25, 0.3) is 54.2 Å². The fourth-order valence-corrected chi connectivity index (χ4v) is 16.5. The molecule has 13 aromatic carbocycles. The Labute approximate surface area is 660 Å². The van der Waals surface area contributed by atoms with E-state index in [2.05, 4.69) is 185 Å². The number of hydrogen-bond donors (Lipinski definition) is 0. The molecule has 12 nitrogen and oxygen atoms in total. The SMILES string of the molecule is CCC1(CC)c2cc(C)ccc2-c2ccc(-c3ccccc3)cc21.CCC1(CC)c2cc(C)ccc2-c2ccc(-c3ccccc3)cc21.[C-]#[N+]c1c(F)c(OCOc2cc(C)c(OCOc3c(F)c(C#N)c(N4c5ccccc5Oc5ccccc54)c([N+]#[C-])c3F)cc2C)c(F)c(C#N)c1N1c2ccccc2Oc2ccccc21. The van der Waals surface area contributed by atoms with Crippen LogP contribution in [0.1, 0.15) is 109 Å². The molecule has 0 aromatic heterocycles. The highest BCUT2D eigenvalue weighted by molar-refractivity contribution is 5.97. The number of nitriles is 2. The first-order valence-corrected chi connectivity index (χ1v) is 37.7. The Morgan fingerprint density at radius 3 is 0.991 bits per heavy atom.